The van der Waals surface area contributed by atoms with Crippen LogP contribution in [0.4, 0.5) is 4.39 Å². The zero-order chi connectivity index (χ0) is 17.7. The highest BCUT2D eigenvalue weighted by molar-refractivity contribution is 6.65. The van der Waals surface area contributed by atoms with Crippen molar-refractivity contribution in [2.45, 2.75) is 38.9 Å². The molecule has 1 aliphatic rings. The van der Waals surface area contributed by atoms with E-state index in [4.69, 9.17) is 14.0 Å². The molecule has 1 aromatic heterocycles. The van der Waals surface area contributed by atoms with E-state index in [2.05, 4.69) is 4.98 Å². The minimum atomic E-state index is -0.731. The molecule has 0 unspecified atom stereocenters. The van der Waals surface area contributed by atoms with Gasteiger partial charge in [0.2, 0.25) is 0 Å². The predicted octanol–water partition coefficient (Wildman–Crippen LogP) is 2.46. The third-order valence-corrected chi connectivity index (χ3v) is 4.72. The lowest BCUT2D eigenvalue weighted by Gasteiger charge is -2.32. The first-order chi connectivity index (χ1) is 11.2. The first-order valence-electron chi connectivity index (χ1n) is 7.69. The normalized spacial score (nSPS) is 18.8. The average Bonchev–Trinajstić information content (AvgIpc) is 2.74. The van der Waals surface area contributed by atoms with Crippen LogP contribution >= 0.6 is 0 Å². The quantitative estimate of drug-likeness (QED) is 0.625. The summed E-state index contributed by atoms with van der Waals surface area (Å²) in [5, 5.41) is 0.543. The number of hydrogen-bond donors (Lipinski definition) is 0. The largest absolute Gasteiger partial charge is 0.495 e. The topological polar surface area (TPSA) is 57.7 Å². The average molecular weight is 331 g/mol. The molecule has 0 aliphatic carbocycles. The number of nitrogens with zero attached hydrogens (tertiary/aromatic N) is 1. The Morgan fingerprint density at radius 3 is 2.42 bits per heavy atom. The van der Waals surface area contributed by atoms with Gasteiger partial charge in [0.1, 0.15) is 17.0 Å². The molecule has 0 bridgehead atoms. The van der Waals surface area contributed by atoms with Crippen LogP contribution in [0.1, 0.15) is 38.2 Å². The maximum atomic E-state index is 14.2. The lowest BCUT2D eigenvalue weighted by Crippen LogP contribution is -2.41. The van der Waals surface area contributed by atoms with Crippen LogP contribution < -0.4 is 5.46 Å². The SMILES string of the molecule is COC(=O)c1cc(B2OC(C)(C)C(C)(C)O2)c2cccc(F)c2n1. The second kappa shape index (κ2) is 5.53. The van der Waals surface area contributed by atoms with Gasteiger partial charge in [0.05, 0.1) is 18.3 Å². The van der Waals surface area contributed by atoms with Gasteiger partial charge in [-0.2, -0.15) is 0 Å². The molecule has 24 heavy (non-hydrogen) atoms. The van der Waals surface area contributed by atoms with Crippen molar-refractivity contribution in [1.29, 1.82) is 0 Å². The molecular weight excluding hydrogens is 312 g/mol. The summed E-state index contributed by atoms with van der Waals surface area (Å²) in [6, 6.07) is 6.15. The Kier molecular flexibility index (Phi) is 3.88. The zero-order valence-corrected chi connectivity index (χ0v) is 14.3. The number of carbonyl (C=O) groups excluding carboxylic acids is 1. The molecule has 2 heterocycles. The van der Waals surface area contributed by atoms with Crippen molar-refractivity contribution in [1.82, 2.24) is 4.98 Å². The highest BCUT2D eigenvalue weighted by Crippen LogP contribution is 2.37. The third kappa shape index (κ3) is 2.57. The molecule has 1 aliphatic heterocycles. The van der Waals surface area contributed by atoms with E-state index in [1.165, 1.54) is 19.2 Å². The van der Waals surface area contributed by atoms with E-state index < -0.39 is 30.1 Å². The summed E-state index contributed by atoms with van der Waals surface area (Å²) < 4.78 is 31.0. The summed E-state index contributed by atoms with van der Waals surface area (Å²) in [6.07, 6.45) is 0. The van der Waals surface area contributed by atoms with E-state index in [9.17, 15) is 9.18 Å². The van der Waals surface area contributed by atoms with Gasteiger partial charge < -0.3 is 14.0 Å². The van der Waals surface area contributed by atoms with E-state index in [1.54, 1.807) is 12.1 Å². The van der Waals surface area contributed by atoms with Gasteiger partial charge in [-0.3, -0.25) is 0 Å². The molecule has 0 amide bonds. The second-order valence-electron chi connectivity index (χ2n) is 6.81. The van der Waals surface area contributed by atoms with Crippen molar-refractivity contribution >= 4 is 29.5 Å². The van der Waals surface area contributed by atoms with Crippen LogP contribution in [-0.4, -0.2) is 36.4 Å². The maximum absolute atomic E-state index is 14.2. The van der Waals surface area contributed by atoms with E-state index in [0.717, 1.165) is 0 Å². The number of benzene rings is 1. The summed E-state index contributed by atoms with van der Waals surface area (Å²) in [6.45, 7) is 7.72. The molecule has 126 valence electrons. The first kappa shape index (κ1) is 16.9. The van der Waals surface area contributed by atoms with Gasteiger partial charge in [-0.05, 0) is 45.3 Å². The molecule has 3 rings (SSSR count). The van der Waals surface area contributed by atoms with Crippen molar-refractivity contribution in [3.63, 3.8) is 0 Å². The van der Waals surface area contributed by atoms with Crippen molar-refractivity contribution in [2.75, 3.05) is 7.11 Å². The Labute approximate surface area is 140 Å². The van der Waals surface area contributed by atoms with E-state index in [-0.39, 0.29) is 11.2 Å². The number of hydrogen-bond acceptors (Lipinski definition) is 5. The standard InChI is InChI=1S/C17H19BFNO4/c1-16(2)17(3,4)24-18(23-16)11-9-13(15(21)22-5)20-14-10(11)7-6-8-12(14)19/h6-9H,1-5H3. The predicted molar refractivity (Wildman–Crippen MR) is 88.8 cm³/mol. The highest BCUT2D eigenvalue weighted by Gasteiger charge is 2.52. The monoisotopic (exact) mass is 331 g/mol. The van der Waals surface area contributed by atoms with E-state index in [0.29, 0.717) is 10.8 Å². The summed E-state index contributed by atoms with van der Waals surface area (Å²) in [5.41, 5.74) is -0.443. The fourth-order valence-corrected chi connectivity index (χ4v) is 2.61. The molecule has 0 radical (unpaired) electrons. The molecule has 1 aromatic carbocycles. The Balaban J connectivity index is 2.20. The van der Waals surface area contributed by atoms with Gasteiger partial charge in [-0.25, -0.2) is 14.2 Å². The number of carbonyl (C=O) groups is 1. The lowest BCUT2D eigenvalue weighted by atomic mass is 9.76. The summed E-state index contributed by atoms with van der Waals surface area (Å²) in [4.78, 5) is 16.0. The van der Waals surface area contributed by atoms with Gasteiger partial charge in [0.25, 0.3) is 0 Å². The van der Waals surface area contributed by atoms with Crippen LogP contribution in [0, 0.1) is 5.82 Å². The number of pyridine rings is 1. The molecule has 1 saturated heterocycles. The molecular formula is C17H19BFNO4. The van der Waals surface area contributed by atoms with Crippen molar-refractivity contribution in [3.05, 3.63) is 35.8 Å². The minimum Gasteiger partial charge on any atom is -0.464 e. The first-order valence-corrected chi connectivity index (χ1v) is 7.69. The minimum absolute atomic E-state index is 0.0137. The fraction of sp³-hybridized carbons (Fsp3) is 0.412. The molecule has 1 fully saturated rings. The van der Waals surface area contributed by atoms with Gasteiger partial charge in [0, 0.05) is 5.39 Å². The Morgan fingerprint density at radius 2 is 1.83 bits per heavy atom. The summed E-state index contributed by atoms with van der Waals surface area (Å²) in [5.74, 6) is -1.16. The van der Waals surface area contributed by atoms with Crippen LogP contribution in [0.15, 0.2) is 24.3 Å². The number of aromatic nitrogens is 1. The number of esters is 1. The molecule has 2 aromatic rings. The molecule has 0 atom stereocenters. The number of methoxy groups -OCH3 is 1. The van der Waals surface area contributed by atoms with Crippen LogP contribution in [-0.2, 0) is 14.0 Å². The van der Waals surface area contributed by atoms with Gasteiger partial charge in [-0.1, -0.05) is 12.1 Å². The molecule has 0 saturated carbocycles. The number of fused-ring (bicyclic) bond motifs is 1. The Hall–Kier alpha value is -1.99. The number of rotatable bonds is 2. The van der Waals surface area contributed by atoms with E-state index >= 15 is 0 Å². The fourth-order valence-electron chi connectivity index (χ4n) is 2.61. The van der Waals surface area contributed by atoms with Crippen molar-refractivity contribution < 1.29 is 23.2 Å². The molecule has 0 N–H and O–H groups in total. The number of para-hydroxylation sites is 1. The third-order valence-electron chi connectivity index (χ3n) is 4.72. The van der Waals surface area contributed by atoms with Gasteiger partial charge >= 0.3 is 13.1 Å². The number of halogens is 1. The highest BCUT2D eigenvalue weighted by atomic mass is 19.1. The smallest absolute Gasteiger partial charge is 0.464 e. The van der Waals surface area contributed by atoms with Crippen molar-refractivity contribution in [3.8, 4) is 0 Å². The summed E-state index contributed by atoms with van der Waals surface area (Å²) >= 11 is 0. The number of ether oxygens (including phenoxy) is 1. The lowest BCUT2D eigenvalue weighted by molar-refractivity contribution is 0.00578. The zero-order valence-electron chi connectivity index (χ0n) is 14.3. The van der Waals surface area contributed by atoms with Crippen LogP contribution in [0.2, 0.25) is 0 Å². The van der Waals surface area contributed by atoms with Crippen LogP contribution in [0.3, 0.4) is 0 Å². The van der Waals surface area contributed by atoms with Crippen LogP contribution in [0.5, 0.6) is 0 Å². The Morgan fingerprint density at radius 1 is 1.21 bits per heavy atom. The molecule has 5 nitrogen and oxygen atoms in total. The van der Waals surface area contributed by atoms with Gasteiger partial charge in [-0.15, -0.1) is 0 Å². The Bertz CT molecular complexity index is 806. The molecule has 0 spiro atoms. The maximum Gasteiger partial charge on any atom is 0.495 e. The molecule has 7 heteroatoms. The summed E-state index contributed by atoms with van der Waals surface area (Å²) in [7, 11) is 0.523. The second-order valence-corrected chi connectivity index (χ2v) is 6.81. The van der Waals surface area contributed by atoms with Gasteiger partial charge in [0.15, 0.2) is 0 Å². The van der Waals surface area contributed by atoms with Crippen molar-refractivity contribution in [2.24, 2.45) is 0 Å². The van der Waals surface area contributed by atoms with E-state index in [1.807, 2.05) is 27.7 Å². The van der Waals surface area contributed by atoms with Crippen LogP contribution in [0.25, 0.3) is 10.9 Å².